The molecule has 0 bridgehead atoms. The van der Waals surface area contributed by atoms with Crippen molar-refractivity contribution < 1.29 is 19.4 Å². The summed E-state index contributed by atoms with van der Waals surface area (Å²) in [6, 6.07) is -0.901. The number of hydrogen-bond donors (Lipinski definition) is 3. The predicted octanol–water partition coefficient (Wildman–Crippen LogP) is 5.01. The SMILES string of the molecule is CCCCCCCCCCCC(=O)O[C@H](CCCCCCC)CCNC(=O)[C@@H](N)CO. The van der Waals surface area contributed by atoms with Gasteiger partial charge in [0.1, 0.15) is 12.1 Å². The third-order valence-electron chi connectivity index (χ3n) is 5.71. The molecule has 0 aromatic carbocycles. The molecule has 4 N–H and O–H groups in total. The lowest BCUT2D eigenvalue weighted by Crippen LogP contribution is -2.43. The zero-order valence-corrected chi connectivity index (χ0v) is 20.3. The second kappa shape index (κ2) is 22.1. The van der Waals surface area contributed by atoms with Crippen LogP contribution in [0.1, 0.15) is 123 Å². The highest BCUT2D eigenvalue weighted by atomic mass is 16.5. The first kappa shape index (κ1) is 29.9. The summed E-state index contributed by atoms with van der Waals surface area (Å²) in [6.45, 7) is 4.45. The van der Waals surface area contributed by atoms with E-state index in [2.05, 4.69) is 19.2 Å². The van der Waals surface area contributed by atoms with Crippen molar-refractivity contribution in [3.63, 3.8) is 0 Å². The Hall–Kier alpha value is -1.14. The van der Waals surface area contributed by atoms with Crippen molar-refractivity contribution in [1.29, 1.82) is 0 Å². The molecule has 0 radical (unpaired) electrons. The Morgan fingerprint density at radius 2 is 1.32 bits per heavy atom. The average Bonchev–Trinajstić information content (AvgIpc) is 2.76. The molecule has 31 heavy (non-hydrogen) atoms. The van der Waals surface area contributed by atoms with Crippen LogP contribution in [-0.4, -0.2) is 42.3 Å². The standard InChI is InChI=1S/C25H50N2O4/c1-3-5-7-9-10-11-12-14-16-18-24(29)31-22(17-15-13-8-6-4-2)19-20-27-25(30)23(26)21-28/h22-23,28H,3-21,26H2,1-2H3,(H,27,30)/t22-,23+/m1/s1. The van der Waals surface area contributed by atoms with Gasteiger partial charge in [-0.1, -0.05) is 90.9 Å². The first-order valence-electron chi connectivity index (χ1n) is 12.9. The van der Waals surface area contributed by atoms with Crippen LogP contribution in [0, 0.1) is 0 Å². The van der Waals surface area contributed by atoms with Crippen LogP contribution >= 0.6 is 0 Å². The van der Waals surface area contributed by atoms with Gasteiger partial charge in [-0.2, -0.15) is 0 Å². The second-order valence-corrected chi connectivity index (χ2v) is 8.76. The number of nitrogens with one attached hydrogen (secondary N) is 1. The van der Waals surface area contributed by atoms with Crippen LogP contribution in [0.4, 0.5) is 0 Å². The molecule has 0 aliphatic rings. The van der Waals surface area contributed by atoms with E-state index in [1.165, 1.54) is 64.2 Å². The quantitative estimate of drug-likeness (QED) is 0.162. The number of nitrogens with two attached hydrogens (primary N) is 1. The molecular weight excluding hydrogens is 392 g/mol. The first-order valence-corrected chi connectivity index (χ1v) is 12.9. The number of rotatable bonds is 22. The highest BCUT2D eigenvalue weighted by Crippen LogP contribution is 2.15. The molecule has 0 spiro atoms. The van der Waals surface area contributed by atoms with Gasteiger partial charge in [0, 0.05) is 19.4 Å². The van der Waals surface area contributed by atoms with E-state index >= 15 is 0 Å². The molecule has 0 rings (SSSR count). The Labute approximate surface area is 191 Å². The molecule has 2 atom stereocenters. The van der Waals surface area contributed by atoms with E-state index < -0.39 is 6.04 Å². The third-order valence-corrected chi connectivity index (χ3v) is 5.71. The molecule has 0 saturated heterocycles. The van der Waals surface area contributed by atoms with Crippen LogP contribution in [0.5, 0.6) is 0 Å². The number of carbonyl (C=O) groups is 2. The van der Waals surface area contributed by atoms with Gasteiger partial charge in [0.25, 0.3) is 0 Å². The van der Waals surface area contributed by atoms with E-state index in [1.54, 1.807) is 0 Å². The fourth-order valence-corrected chi connectivity index (χ4v) is 3.63. The molecule has 184 valence electrons. The smallest absolute Gasteiger partial charge is 0.306 e. The Kier molecular flexibility index (Phi) is 21.3. The van der Waals surface area contributed by atoms with Gasteiger partial charge in [0.2, 0.25) is 5.91 Å². The molecule has 0 saturated carbocycles. The second-order valence-electron chi connectivity index (χ2n) is 8.76. The van der Waals surface area contributed by atoms with Crippen molar-refractivity contribution in [1.82, 2.24) is 5.32 Å². The monoisotopic (exact) mass is 442 g/mol. The van der Waals surface area contributed by atoms with Crippen molar-refractivity contribution in [2.45, 2.75) is 135 Å². The Bertz CT molecular complexity index is 432. The molecular formula is C25H50N2O4. The number of ether oxygens (including phenoxy) is 1. The Morgan fingerprint density at radius 3 is 1.87 bits per heavy atom. The maximum absolute atomic E-state index is 12.3. The minimum Gasteiger partial charge on any atom is -0.462 e. The summed E-state index contributed by atoms with van der Waals surface area (Å²) in [4.78, 5) is 24.0. The van der Waals surface area contributed by atoms with Gasteiger partial charge in [-0.05, 0) is 19.3 Å². The van der Waals surface area contributed by atoms with Crippen LogP contribution in [0.3, 0.4) is 0 Å². The normalized spacial score (nSPS) is 13.0. The van der Waals surface area contributed by atoms with Crippen molar-refractivity contribution >= 4 is 11.9 Å². The highest BCUT2D eigenvalue weighted by molar-refractivity contribution is 5.81. The van der Waals surface area contributed by atoms with Crippen LogP contribution in [0.15, 0.2) is 0 Å². The highest BCUT2D eigenvalue weighted by Gasteiger charge is 2.16. The Morgan fingerprint density at radius 1 is 0.806 bits per heavy atom. The van der Waals surface area contributed by atoms with Crippen LogP contribution in [-0.2, 0) is 14.3 Å². The largest absolute Gasteiger partial charge is 0.462 e. The summed E-state index contributed by atoms with van der Waals surface area (Å²) in [6.07, 6.45) is 18.5. The predicted molar refractivity (Wildman–Crippen MR) is 128 cm³/mol. The van der Waals surface area contributed by atoms with Crippen molar-refractivity contribution in [3.05, 3.63) is 0 Å². The molecule has 0 aromatic rings. The maximum Gasteiger partial charge on any atom is 0.306 e. The number of carbonyl (C=O) groups excluding carboxylic acids is 2. The minimum atomic E-state index is -0.901. The lowest BCUT2D eigenvalue weighted by atomic mass is 10.1. The van der Waals surface area contributed by atoms with E-state index in [9.17, 15) is 9.59 Å². The number of hydrogen-bond acceptors (Lipinski definition) is 5. The van der Waals surface area contributed by atoms with Gasteiger partial charge in [-0.3, -0.25) is 9.59 Å². The fraction of sp³-hybridized carbons (Fsp3) is 0.920. The van der Waals surface area contributed by atoms with Gasteiger partial charge in [-0.15, -0.1) is 0 Å². The molecule has 0 aliphatic carbocycles. The van der Waals surface area contributed by atoms with Gasteiger partial charge in [0.05, 0.1) is 6.61 Å². The molecule has 0 fully saturated rings. The lowest BCUT2D eigenvalue weighted by Gasteiger charge is -2.19. The minimum absolute atomic E-state index is 0.125. The number of unbranched alkanes of at least 4 members (excludes halogenated alkanes) is 12. The van der Waals surface area contributed by atoms with Gasteiger partial charge >= 0.3 is 5.97 Å². The number of aliphatic hydroxyl groups excluding tert-OH is 1. The van der Waals surface area contributed by atoms with E-state index in [1.807, 2.05) is 0 Å². The summed E-state index contributed by atoms with van der Waals surface area (Å²) in [7, 11) is 0. The van der Waals surface area contributed by atoms with Gasteiger partial charge in [-0.25, -0.2) is 0 Å². The topological polar surface area (TPSA) is 102 Å². The zero-order valence-electron chi connectivity index (χ0n) is 20.3. The Balaban J connectivity index is 4.09. The molecule has 0 unspecified atom stereocenters. The number of esters is 1. The molecule has 0 heterocycles. The van der Waals surface area contributed by atoms with Gasteiger partial charge < -0.3 is 20.9 Å². The van der Waals surface area contributed by atoms with E-state index in [0.29, 0.717) is 19.4 Å². The zero-order chi connectivity index (χ0) is 23.2. The van der Waals surface area contributed by atoms with Gasteiger partial charge in [0.15, 0.2) is 0 Å². The van der Waals surface area contributed by atoms with E-state index in [4.69, 9.17) is 15.6 Å². The third kappa shape index (κ3) is 19.3. The first-order chi connectivity index (χ1) is 15.0. The molecule has 6 heteroatoms. The molecule has 0 aliphatic heterocycles. The maximum atomic E-state index is 12.3. The molecule has 1 amide bonds. The molecule has 6 nitrogen and oxygen atoms in total. The molecule has 0 aromatic heterocycles. The summed E-state index contributed by atoms with van der Waals surface area (Å²) < 4.78 is 5.73. The summed E-state index contributed by atoms with van der Waals surface area (Å²) >= 11 is 0. The van der Waals surface area contributed by atoms with E-state index in [-0.39, 0.29) is 24.6 Å². The average molecular weight is 443 g/mol. The van der Waals surface area contributed by atoms with Crippen LogP contribution in [0.2, 0.25) is 0 Å². The van der Waals surface area contributed by atoms with Crippen molar-refractivity contribution in [3.8, 4) is 0 Å². The lowest BCUT2D eigenvalue weighted by molar-refractivity contribution is -0.149. The fourth-order valence-electron chi connectivity index (χ4n) is 3.63. The van der Waals surface area contributed by atoms with E-state index in [0.717, 1.165) is 32.1 Å². The van der Waals surface area contributed by atoms with Crippen LogP contribution < -0.4 is 11.1 Å². The number of aliphatic hydroxyl groups is 1. The van der Waals surface area contributed by atoms with Crippen molar-refractivity contribution in [2.75, 3.05) is 13.2 Å². The summed E-state index contributed by atoms with van der Waals surface area (Å²) in [5.41, 5.74) is 5.51. The summed E-state index contributed by atoms with van der Waals surface area (Å²) in [5, 5.41) is 11.7. The van der Waals surface area contributed by atoms with Crippen molar-refractivity contribution in [2.24, 2.45) is 5.73 Å². The number of amides is 1. The van der Waals surface area contributed by atoms with Crippen LogP contribution in [0.25, 0.3) is 0 Å². The summed E-state index contributed by atoms with van der Waals surface area (Å²) in [5.74, 6) is -0.495.